The van der Waals surface area contributed by atoms with Gasteiger partial charge in [0, 0.05) is 6.54 Å². The van der Waals surface area contributed by atoms with E-state index < -0.39 is 18.4 Å². The first-order valence-electron chi connectivity index (χ1n) is 8.62. The number of aliphatic carboxylic acids is 1. The molecule has 1 N–H and O–H groups in total. The van der Waals surface area contributed by atoms with Crippen LogP contribution in [0, 0.1) is 12.7 Å². The summed E-state index contributed by atoms with van der Waals surface area (Å²) in [5, 5.41) is 16.9. The van der Waals surface area contributed by atoms with Gasteiger partial charge >= 0.3 is 5.97 Å². The molecule has 0 atom stereocenters. The predicted octanol–water partition coefficient (Wildman–Crippen LogP) is 2.50. The van der Waals surface area contributed by atoms with Crippen molar-refractivity contribution in [3.8, 4) is 0 Å². The molecule has 0 spiro atoms. The van der Waals surface area contributed by atoms with E-state index in [4.69, 9.17) is 5.11 Å². The van der Waals surface area contributed by atoms with Crippen molar-refractivity contribution in [2.45, 2.75) is 20.0 Å². The number of halogens is 1. The molecule has 1 heterocycles. The molecule has 144 valence electrons. The van der Waals surface area contributed by atoms with E-state index in [1.165, 1.54) is 27.9 Å². The van der Waals surface area contributed by atoms with Crippen molar-refractivity contribution in [2.24, 2.45) is 0 Å². The lowest BCUT2D eigenvalue weighted by Crippen LogP contribution is -2.35. The highest BCUT2D eigenvalue weighted by Gasteiger charge is 2.22. The van der Waals surface area contributed by atoms with E-state index in [0.29, 0.717) is 5.56 Å². The molecule has 0 saturated carbocycles. The summed E-state index contributed by atoms with van der Waals surface area (Å²) in [6.45, 7) is 1.88. The van der Waals surface area contributed by atoms with Crippen LogP contribution in [-0.2, 0) is 17.9 Å². The molecule has 1 aromatic heterocycles. The van der Waals surface area contributed by atoms with Crippen LogP contribution < -0.4 is 0 Å². The van der Waals surface area contributed by atoms with Crippen LogP contribution in [-0.4, -0.2) is 43.4 Å². The smallest absolute Gasteiger partial charge is 0.323 e. The molecule has 1 amide bonds. The molecule has 3 aromatic rings. The van der Waals surface area contributed by atoms with Gasteiger partial charge in [0.1, 0.15) is 12.4 Å². The Morgan fingerprint density at radius 2 is 1.89 bits per heavy atom. The molecule has 0 saturated heterocycles. The average molecular weight is 382 g/mol. The summed E-state index contributed by atoms with van der Waals surface area (Å²) in [5.74, 6) is -2.01. The first-order valence-corrected chi connectivity index (χ1v) is 8.62. The zero-order valence-corrected chi connectivity index (χ0v) is 15.2. The van der Waals surface area contributed by atoms with E-state index in [0.717, 1.165) is 11.1 Å². The Morgan fingerprint density at radius 3 is 2.57 bits per heavy atom. The van der Waals surface area contributed by atoms with Gasteiger partial charge in [-0.15, -0.1) is 5.10 Å². The Balaban J connectivity index is 1.75. The molecule has 0 aliphatic rings. The first kappa shape index (κ1) is 19.2. The second-order valence-electron chi connectivity index (χ2n) is 6.47. The van der Waals surface area contributed by atoms with E-state index in [1.54, 1.807) is 12.1 Å². The summed E-state index contributed by atoms with van der Waals surface area (Å²) in [6, 6.07) is 13.5. The van der Waals surface area contributed by atoms with Crippen LogP contribution in [0.3, 0.4) is 0 Å². The molecule has 2 aromatic carbocycles. The van der Waals surface area contributed by atoms with Crippen molar-refractivity contribution in [2.75, 3.05) is 6.54 Å². The van der Waals surface area contributed by atoms with Gasteiger partial charge in [0.2, 0.25) is 0 Å². The molecular weight excluding hydrogens is 363 g/mol. The number of carboxylic acids is 1. The zero-order chi connectivity index (χ0) is 20.1. The fraction of sp³-hybridized carbons (Fsp3) is 0.200. The number of benzene rings is 2. The van der Waals surface area contributed by atoms with Gasteiger partial charge in [0.15, 0.2) is 5.69 Å². The topological polar surface area (TPSA) is 88.3 Å². The largest absolute Gasteiger partial charge is 0.480 e. The first-order chi connectivity index (χ1) is 13.4. The van der Waals surface area contributed by atoms with Crippen molar-refractivity contribution in [1.82, 2.24) is 19.9 Å². The minimum atomic E-state index is -1.12. The van der Waals surface area contributed by atoms with Crippen LogP contribution in [0.4, 0.5) is 4.39 Å². The minimum Gasteiger partial charge on any atom is -0.480 e. The van der Waals surface area contributed by atoms with Gasteiger partial charge in [-0.25, -0.2) is 9.07 Å². The summed E-state index contributed by atoms with van der Waals surface area (Å²) in [4.78, 5) is 25.2. The third-order valence-electron chi connectivity index (χ3n) is 4.10. The fourth-order valence-electron chi connectivity index (χ4n) is 2.73. The van der Waals surface area contributed by atoms with Crippen molar-refractivity contribution < 1.29 is 19.1 Å². The summed E-state index contributed by atoms with van der Waals surface area (Å²) >= 11 is 0. The number of carboxylic acid groups (broad SMARTS) is 1. The molecule has 0 aliphatic heterocycles. The van der Waals surface area contributed by atoms with E-state index in [9.17, 15) is 14.0 Å². The van der Waals surface area contributed by atoms with Crippen LogP contribution >= 0.6 is 0 Å². The van der Waals surface area contributed by atoms with Gasteiger partial charge in [-0.05, 0) is 30.2 Å². The number of aryl methyl sites for hydroxylation is 1. The lowest BCUT2D eigenvalue weighted by Gasteiger charge is -2.19. The van der Waals surface area contributed by atoms with Crippen LogP contribution in [0.2, 0.25) is 0 Å². The number of carbonyl (C=O) groups excluding carboxylic acids is 1. The van der Waals surface area contributed by atoms with Gasteiger partial charge in [-0.3, -0.25) is 9.59 Å². The molecule has 0 radical (unpaired) electrons. The lowest BCUT2D eigenvalue weighted by atomic mass is 10.1. The SMILES string of the molecule is Cc1ccc(CN(CC(=O)O)C(=O)c2cn(Cc3cccc(F)c3)nn2)cc1. The summed E-state index contributed by atoms with van der Waals surface area (Å²) in [5.41, 5.74) is 2.59. The molecule has 0 aliphatic carbocycles. The molecule has 28 heavy (non-hydrogen) atoms. The average Bonchev–Trinajstić information content (AvgIpc) is 3.10. The maximum atomic E-state index is 13.3. The number of aromatic nitrogens is 3. The third-order valence-corrected chi connectivity index (χ3v) is 4.10. The number of rotatable bonds is 7. The van der Waals surface area contributed by atoms with Crippen LogP contribution in [0.5, 0.6) is 0 Å². The van der Waals surface area contributed by atoms with Gasteiger partial charge in [0.25, 0.3) is 5.91 Å². The van der Waals surface area contributed by atoms with E-state index in [-0.39, 0.29) is 24.6 Å². The number of hydrogen-bond acceptors (Lipinski definition) is 4. The monoisotopic (exact) mass is 382 g/mol. The second-order valence-corrected chi connectivity index (χ2v) is 6.47. The number of amides is 1. The quantitative estimate of drug-likeness (QED) is 0.678. The van der Waals surface area contributed by atoms with Gasteiger partial charge in [0.05, 0.1) is 12.7 Å². The molecule has 3 rings (SSSR count). The van der Waals surface area contributed by atoms with Crippen molar-refractivity contribution in [3.05, 3.63) is 82.9 Å². The maximum absolute atomic E-state index is 13.3. The second kappa shape index (κ2) is 8.43. The van der Waals surface area contributed by atoms with Gasteiger partial charge in [-0.1, -0.05) is 47.2 Å². The van der Waals surface area contributed by atoms with Crippen molar-refractivity contribution >= 4 is 11.9 Å². The van der Waals surface area contributed by atoms with Crippen LogP contribution in [0.15, 0.2) is 54.7 Å². The van der Waals surface area contributed by atoms with E-state index >= 15 is 0 Å². The van der Waals surface area contributed by atoms with E-state index in [2.05, 4.69) is 10.3 Å². The highest BCUT2D eigenvalue weighted by atomic mass is 19.1. The molecule has 0 bridgehead atoms. The Morgan fingerprint density at radius 1 is 1.14 bits per heavy atom. The normalized spacial score (nSPS) is 10.6. The summed E-state index contributed by atoms with van der Waals surface area (Å²) in [7, 11) is 0. The molecule has 0 fully saturated rings. The minimum absolute atomic E-state index is 0.0322. The predicted molar refractivity (Wildman–Crippen MR) is 99.1 cm³/mol. The molecule has 8 heteroatoms. The lowest BCUT2D eigenvalue weighted by molar-refractivity contribution is -0.137. The molecule has 7 nitrogen and oxygen atoms in total. The van der Waals surface area contributed by atoms with E-state index in [1.807, 2.05) is 31.2 Å². The maximum Gasteiger partial charge on any atom is 0.323 e. The molecular formula is C20H19FN4O3. The van der Waals surface area contributed by atoms with Crippen molar-refractivity contribution in [1.29, 1.82) is 0 Å². The Hall–Kier alpha value is -3.55. The van der Waals surface area contributed by atoms with Crippen LogP contribution in [0.25, 0.3) is 0 Å². The molecule has 0 unspecified atom stereocenters. The highest BCUT2D eigenvalue weighted by molar-refractivity contribution is 5.93. The zero-order valence-electron chi connectivity index (χ0n) is 15.2. The Labute approximate surface area is 161 Å². The third kappa shape index (κ3) is 5.00. The number of carbonyl (C=O) groups is 2. The Kier molecular flexibility index (Phi) is 5.78. The number of hydrogen-bond donors (Lipinski definition) is 1. The van der Waals surface area contributed by atoms with Gasteiger partial charge in [-0.2, -0.15) is 0 Å². The summed E-state index contributed by atoms with van der Waals surface area (Å²) < 4.78 is 14.7. The number of nitrogens with zero attached hydrogens (tertiary/aromatic N) is 4. The Bertz CT molecular complexity index is 985. The fourth-order valence-corrected chi connectivity index (χ4v) is 2.73. The highest BCUT2D eigenvalue weighted by Crippen LogP contribution is 2.11. The summed E-state index contributed by atoms with van der Waals surface area (Å²) in [6.07, 6.45) is 1.43. The van der Waals surface area contributed by atoms with Gasteiger partial charge < -0.3 is 10.0 Å². The van der Waals surface area contributed by atoms with Crippen molar-refractivity contribution in [3.63, 3.8) is 0 Å². The van der Waals surface area contributed by atoms with Crippen LogP contribution in [0.1, 0.15) is 27.2 Å². The standard InChI is InChI=1S/C20H19FN4O3/c1-14-5-7-15(8-6-14)10-24(13-19(26)27)20(28)18-12-25(23-22-18)11-16-3-2-4-17(21)9-16/h2-9,12H,10-11,13H2,1H3,(H,26,27).